The fourth-order valence-corrected chi connectivity index (χ4v) is 4.95. The minimum atomic E-state index is -0.311. The molecule has 1 unspecified atom stereocenters. The van der Waals surface area contributed by atoms with E-state index in [4.69, 9.17) is 4.74 Å². The number of nitrogens with one attached hydrogen (secondary N) is 2. The molecule has 0 aliphatic carbocycles. The smallest absolute Gasteiger partial charge is 0.174 e. The fourth-order valence-electron chi connectivity index (χ4n) is 4.95. The van der Waals surface area contributed by atoms with Crippen LogP contribution in [0.4, 0.5) is 11.4 Å². The molecule has 3 aromatic rings. The molecule has 1 saturated heterocycles. The second-order valence-electron chi connectivity index (χ2n) is 8.36. The Labute approximate surface area is 183 Å². The Bertz CT molecular complexity index is 1060. The van der Waals surface area contributed by atoms with Crippen molar-refractivity contribution >= 4 is 17.2 Å². The van der Waals surface area contributed by atoms with Crippen molar-refractivity contribution in [1.82, 2.24) is 5.01 Å². The van der Waals surface area contributed by atoms with Crippen LogP contribution in [0.15, 0.2) is 78.9 Å². The van der Waals surface area contributed by atoms with E-state index in [1.165, 1.54) is 0 Å². The number of methoxy groups -OCH3 is 1. The van der Waals surface area contributed by atoms with E-state index in [9.17, 15) is 4.79 Å². The van der Waals surface area contributed by atoms with Crippen LogP contribution in [0.5, 0.6) is 5.75 Å². The number of ether oxygens (including phenoxy) is 1. The molecule has 0 saturated carbocycles. The second-order valence-corrected chi connectivity index (χ2v) is 8.36. The largest absolute Gasteiger partial charge is 0.497 e. The van der Waals surface area contributed by atoms with Crippen molar-refractivity contribution in [2.45, 2.75) is 24.3 Å². The van der Waals surface area contributed by atoms with Crippen molar-refractivity contribution in [2.75, 3.05) is 30.9 Å². The van der Waals surface area contributed by atoms with E-state index in [1.54, 1.807) is 7.11 Å². The normalized spacial score (nSPS) is 20.0. The SMILES string of the molecule is COc1ccc(C2C(=O)c3ccccc3NC23CCN(Nc2ccccc2)CC3)cc1. The standard InChI is InChI=1S/C26H27N3O2/c1-31-21-13-11-19(12-14-21)24-25(30)22-9-5-6-10-23(22)27-26(24)15-17-29(18-16-26)28-20-7-3-2-4-8-20/h2-14,24,27-28H,15-18H2,1H3. The van der Waals surface area contributed by atoms with Crippen LogP contribution in [0.1, 0.15) is 34.7 Å². The number of anilines is 2. The number of piperidine rings is 1. The molecule has 2 N–H and O–H groups in total. The molecule has 31 heavy (non-hydrogen) atoms. The molecule has 2 aliphatic heterocycles. The third-order valence-electron chi connectivity index (χ3n) is 6.56. The molecule has 2 heterocycles. The van der Waals surface area contributed by atoms with Gasteiger partial charge >= 0.3 is 0 Å². The first kappa shape index (κ1) is 19.6. The van der Waals surface area contributed by atoms with Gasteiger partial charge in [-0.15, -0.1) is 0 Å². The van der Waals surface area contributed by atoms with Gasteiger partial charge in [0.1, 0.15) is 5.75 Å². The summed E-state index contributed by atoms with van der Waals surface area (Å²) in [5, 5.41) is 6.05. The number of rotatable bonds is 4. The highest BCUT2D eigenvalue weighted by atomic mass is 16.5. The summed E-state index contributed by atoms with van der Waals surface area (Å²) in [6.45, 7) is 1.70. The van der Waals surface area contributed by atoms with Gasteiger partial charge in [-0.3, -0.25) is 4.79 Å². The number of hydrazine groups is 1. The summed E-state index contributed by atoms with van der Waals surface area (Å²) in [5.74, 6) is 0.771. The minimum absolute atomic E-state index is 0.198. The van der Waals surface area contributed by atoms with E-state index >= 15 is 0 Å². The van der Waals surface area contributed by atoms with Crippen molar-refractivity contribution in [2.24, 2.45) is 0 Å². The minimum Gasteiger partial charge on any atom is -0.497 e. The Kier molecular flexibility index (Phi) is 5.12. The van der Waals surface area contributed by atoms with Crippen LogP contribution in [-0.2, 0) is 0 Å². The summed E-state index contributed by atoms with van der Waals surface area (Å²) in [6.07, 6.45) is 1.73. The number of nitrogens with zero attached hydrogens (tertiary/aromatic N) is 1. The Morgan fingerprint density at radius 1 is 0.935 bits per heavy atom. The number of para-hydroxylation sites is 2. The second kappa shape index (κ2) is 8.08. The molecular weight excluding hydrogens is 386 g/mol. The first-order valence-electron chi connectivity index (χ1n) is 10.8. The summed E-state index contributed by atoms with van der Waals surface area (Å²) in [7, 11) is 1.66. The van der Waals surface area contributed by atoms with Crippen molar-refractivity contribution in [3.8, 4) is 5.75 Å². The third-order valence-corrected chi connectivity index (χ3v) is 6.56. The van der Waals surface area contributed by atoms with Gasteiger partial charge < -0.3 is 15.5 Å². The van der Waals surface area contributed by atoms with Gasteiger partial charge in [0, 0.05) is 30.0 Å². The number of hydrogen-bond donors (Lipinski definition) is 2. The highest BCUT2D eigenvalue weighted by Gasteiger charge is 2.49. The van der Waals surface area contributed by atoms with E-state index < -0.39 is 0 Å². The monoisotopic (exact) mass is 413 g/mol. The van der Waals surface area contributed by atoms with Crippen LogP contribution in [0.2, 0.25) is 0 Å². The Hall–Kier alpha value is -3.31. The van der Waals surface area contributed by atoms with Gasteiger partial charge in [0.15, 0.2) is 5.78 Å². The number of carbonyl (C=O) groups is 1. The Balaban J connectivity index is 1.45. The van der Waals surface area contributed by atoms with Crippen molar-refractivity contribution in [3.63, 3.8) is 0 Å². The van der Waals surface area contributed by atoms with E-state index in [0.717, 1.165) is 54.2 Å². The molecular formula is C26H27N3O2. The number of benzene rings is 3. The maximum Gasteiger partial charge on any atom is 0.174 e. The first-order chi connectivity index (χ1) is 15.2. The molecule has 1 fully saturated rings. The topological polar surface area (TPSA) is 53.6 Å². The number of hydrogen-bond acceptors (Lipinski definition) is 5. The van der Waals surface area contributed by atoms with Crippen molar-refractivity contribution in [3.05, 3.63) is 90.0 Å². The summed E-state index contributed by atoms with van der Waals surface area (Å²) < 4.78 is 5.33. The average molecular weight is 414 g/mol. The van der Waals surface area contributed by atoms with Gasteiger partial charge in [-0.05, 0) is 54.8 Å². The highest BCUT2D eigenvalue weighted by Crippen LogP contribution is 2.46. The number of fused-ring (bicyclic) bond motifs is 1. The van der Waals surface area contributed by atoms with Crippen LogP contribution in [0, 0.1) is 0 Å². The number of carbonyl (C=O) groups excluding carboxylic acids is 1. The Morgan fingerprint density at radius 3 is 2.32 bits per heavy atom. The maximum atomic E-state index is 13.7. The summed E-state index contributed by atoms with van der Waals surface area (Å²) in [5.41, 5.74) is 7.04. The molecule has 3 aromatic carbocycles. The van der Waals surface area contributed by atoms with Gasteiger partial charge in [-0.25, -0.2) is 5.01 Å². The quantitative estimate of drug-likeness (QED) is 0.634. The summed E-state index contributed by atoms with van der Waals surface area (Å²) in [4.78, 5) is 13.7. The average Bonchev–Trinajstić information content (AvgIpc) is 2.82. The van der Waals surface area contributed by atoms with Crippen LogP contribution in [-0.4, -0.2) is 36.5 Å². The molecule has 0 amide bonds. The number of Topliss-reactive ketones (excluding diaryl/α,β-unsaturated/α-hetero) is 1. The highest BCUT2D eigenvalue weighted by molar-refractivity contribution is 6.08. The first-order valence-corrected chi connectivity index (χ1v) is 10.8. The van der Waals surface area contributed by atoms with Crippen LogP contribution in [0.25, 0.3) is 0 Å². The summed E-state index contributed by atoms with van der Waals surface area (Å²) in [6, 6.07) is 26.1. The maximum absolute atomic E-state index is 13.7. The third kappa shape index (κ3) is 3.66. The zero-order valence-electron chi connectivity index (χ0n) is 17.7. The molecule has 5 rings (SSSR count). The van der Waals surface area contributed by atoms with Gasteiger partial charge in [0.2, 0.25) is 0 Å². The van der Waals surface area contributed by atoms with E-state index in [0.29, 0.717) is 0 Å². The lowest BCUT2D eigenvalue weighted by Crippen LogP contribution is -2.57. The molecule has 0 aromatic heterocycles. The Morgan fingerprint density at radius 2 is 1.61 bits per heavy atom. The molecule has 158 valence electrons. The lowest BCUT2D eigenvalue weighted by molar-refractivity contribution is 0.0863. The van der Waals surface area contributed by atoms with Crippen LogP contribution >= 0.6 is 0 Å². The van der Waals surface area contributed by atoms with Crippen LogP contribution in [0.3, 0.4) is 0 Å². The van der Waals surface area contributed by atoms with E-state index in [-0.39, 0.29) is 17.2 Å². The van der Waals surface area contributed by atoms with Gasteiger partial charge in [-0.2, -0.15) is 0 Å². The molecule has 5 nitrogen and oxygen atoms in total. The summed E-state index contributed by atoms with van der Waals surface area (Å²) >= 11 is 0. The van der Waals surface area contributed by atoms with Gasteiger partial charge in [0.05, 0.1) is 18.6 Å². The predicted octanol–water partition coefficient (Wildman–Crippen LogP) is 4.95. The molecule has 2 aliphatic rings. The van der Waals surface area contributed by atoms with Gasteiger partial charge in [-0.1, -0.05) is 42.5 Å². The van der Waals surface area contributed by atoms with Crippen LogP contribution < -0.4 is 15.5 Å². The molecule has 5 heteroatoms. The van der Waals surface area contributed by atoms with Crippen molar-refractivity contribution in [1.29, 1.82) is 0 Å². The zero-order chi connectivity index (χ0) is 21.3. The zero-order valence-corrected chi connectivity index (χ0v) is 17.7. The molecule has 1 spiro atoms. The molecule has 0 radical (unpaired) electrons. The van der Waals surface area contributed by atoms with Gasteiger partial charge in [0.25, 0.3) is 0 Å². The fraction of sp³-hybridized carbons (Fsp3) is 0.269. The molecule has 1 atom stereocenters. The van der Waals surface area contributed by atoms with E-state index in [2.05, 4.69) is 27.9 Å². The molecule has 0 bridgehead atoms. The lowest BCUT2D eigenvalue weighted by atomic mass is 9.67. The lowest BCUT2D eigenvalue weighted by Gasteiger charge is -2.50. The van der Waals surface area contributed by atoms with E-state index in [1.807, 2.05) is 66.7 Å². The predicted molar refractivity (Wildman–Crippen MR) is 124 cm³/mol. The number of ketones is 1. The van der Waals surface area contributed by atoms with Crippen molar-refractivity contribution < 1.29 is 9.53 Å².